The second-order valence-electron chi connectivity index (χ2n) is 6.28. The van der Waals surface area contributed by atoms with E-state index in [1.54, 1.807) is 31.2 Å². The number of para-hydroxylation sites is 1. The van der Waals surface area contributed by atoms with E-state index in [1.165, 1.54) is 0 Å². The van der Waals surface area contributed by atoms with E-state index in [0.717, 1.165) is 12.1 Å². The average Bonchev–Trinajstić information content (AvgIpc) is 3.01. The Hall–Kier alpha value is -3.89. The first kappa shape index (κ1) is 20.8. The van der Waals surface area contributed by atoms with Crippen LogP contribution in [-0.4, -0.2) is 28.4 Å². The van der Waals surface area contributed by atoms with E-state index in [2.05, 4.69) is 4.98 Å². The molecule has 0 saturated carbocycles. The quantitative estimate of drug-likeness (QED) is 0.364. The number of alkyl halides is 3. The number of nitrogens with one attached hydrogen (secondary N) is 2. The number of carbonyl (C=O) groups is 2. The molecule has 0 saturated heterocycles. The summed E-state index contributed by atoms with van der Waals surface area (Å²) in [7, 11) is 0. The molecular weight excluding hydrogens is 407 g/mol. The number of nitro groups is 1. The van der Waals surface area contributed by atoms with Crippen molar-refractivity contribution >= 4 is 34.2 Å². The molecule has 0 aliphatic rings. The summed E-state index contributed by atoms with van der Waals surface area (Å²) in [5.74, 6) is -1.85. The van der Waals surface area contributed by atoms with Crippen LogP contribution in [0.3, 0.4) is 0 Å². The molecule has 0 aliphatic heterocycles. The van der Waals surface area contributed by atoms with Gasteiger partial charge in [0.2, 0.25) is 0 Å². The number of nitro benzene ring substituents is 1. The second kappa shape index (κ2) is 7.85. The SMILES string of the molecule is Cc1[nH]c2ccccc2c1C(=O)OCC(=O)Nc1ccc([N+](=O)[O-])cc1C(F)(F)F. The minimum Gasteiger partial charge on any atom is -0.452 e. The number of rotatable bonds is 5. The van der Waals surface area contributed by atoms with Gasteiger partial charge < -0.3 is 15.0 Å². The Bertz CT molecular complexity index is 1150. The molecule has 1 heterocycles. The third-order valence-corrected chi connectivity index (χ3v) is 4.23. The van der Waals surface area contributed by atoms with Crippen LogP contribution in [0.15, 0.2) is 42.5 Å². The number of carbonyl (C=O) groups excluding carboxylic acids is 2. The van der Waals surface area contributed by atoms with Crippen LogP contribution < -0.4 is 5.32 Å². The van der Waals surface area contributed by atoms with Crippen molar-refractivity contribution in [2.75, 3.05) is 11.9 Å². The predicted octanol–water partition coefficient (Wildman–Crippen LogP) is 4.20. The van der Waals surface area contributed by atoms with Gasteiger partial charge in [-0.25, -0.2) is 4.79 Å². The number of ether oxygens (including phenoxy) is 1. The number of hydrogen-bond donors (Lipinski definition) is 2. The standard InChI is InChI=1S/C19H14F3N3O5/c1-10-17(12-4-2-3-5-14(12)23-10)18(27)30-9-16(26)24-15-7-6-11(25(28)29)8-13(15)19(20,21)22/h2-8,23H,9H2,1H3,(H,24,26). The Balaban J connectivity index is 1.74. The summed E-state index contributed by atoms with van der Waals surface area (Å²) in [4.78, 5) is 37.1. The molecule has 2 aromatic carbocycles. The maximum Gasteiger partial charge on any atom is 0.418 e. The third kappa shape index (κ3) is 4.24. The number of benzene rings is 2. The molecule has 0 bridgehead atoms. The number of halogens is 3. The van der Waals surface area contributed by atoms with Crippen molar-refractivity contribution in [1.82, 2.24) is 4.98 Å². The summed E-state index contributed by atoms with van der Waals surface area (Å²) >= 11 is 0. The zero-order valence-corrected chi connectivity index (χ0v) is 15.4. The third-order valence-electron chi connectivity index (χ3n) is 4.23. The zero-order chi connectivity index (χ0) is 22.1. The summed E-state index contributed by atoms with van der Waals surface area (Å²) in [5.41, 5.74) is -1.43. The molecule has 0 radical (unpaired) electrons. The first-order valence-electron chi connectivity index (χ1n) is 8.48. The van der Waals surface area contributed by atoms with Gasteiger partial charge >= 0.3 is 12.1 Å². The van der Waals surface area contributed by atoms with Crippen LogP contribution in [0.1, 0.15) is 21.6 Å². The van der Waals surface area contributed by atoms with Gasteiger partial charge in [-0.1, -0.05) is 18.2 Å². The first-order chi connectivity index (χ1) is 14.1. The number of nitrogens with zero attached hydrogens (tertiary/aromatic N) is 1. The molecule has 0 atom stereocenters. The highest BCUT2D eigenvalue weighted by Gasteiger charge is 2.35. The van der Waals surface area contributed by atoms with Crippen molar-refractivity contribution in [3.8, 4) is 0 Å². The van der Waals surface area contributed by atoms with Crippen LogP contribution in [-0.2, 0) is 15.7 Å². The molecule has 0 fully saturated rings. The van der Waals surface area contributed by atoms with Crippen molar-refractivity contribution in [1.29, 1.82) is 0 Å². The van der Waals surface area contributed by atoms with Gasteiger partial charge in [-0.3, -0.25) is 14.9 Å². The Labute approximate surface area is 166 Å². The van der Waals surface area contributed by atoms with Gasteiger partial charge in [0.05, 0.1) is 21.7 Å². The van der Waals surface area contributed by atoms with Crippen molar-refractivity contribution in [2.24, 2.45) is 0 Å². The number of fused-ring (bicyclic) bond motifs is 1. The van der Waals surface area contributed by atoms with Gasteiger partial charge in [0.1, 0.15) is 0 Å². The maximum atomic E-state index is 13.2. The number of amides is 1. The molecule has 2 N–H and O–H groups in total. The lowest BCUT2D eigenvalue weighted by molar-refractivity contribution is -0.385. The Morgan fingerprint density at radius 3 is 2.57 bits per heavy atom. The van der Waals surface area contributed by atoms with Crippen molar-refractivity contribution in [3.05, 3.63) is 69.4 Å². The number of aromatic nitrogens is 1. The fourth-order valence-corrected chi connectivity index (χ4v) is 2.92. The molecule has 0 spiro atoms. The van der Waals surface area contributed by atoms with Crippen LogP contribution in [0, 0.1) is 17.0 Å². The lowest BCUT2D eigenvalue weighted by atomic mass is 10.1. The van der Waals surface area contributed by atoms with Crippen LogP contribution in [0.5, 0.6) is 0 Å². The fourth-order valence-electron chi connectivity index (χ4n) is 2.92. The highest BCUT2D eigenvalue weighted by atomic mass is 19.4. The normalized spacial score (nSPS) is 11.3. The molecule has 3 aromatic rings. The van der Waals surface area contributed by atoms with E-state index in [0.29, 0.717) is 22.7 Å². The van der Waals surface area contributed by atoms with Gasteiger partial charge in [0.15, 0.2) is 6.61 Å². The maximum absolute atomic E-state index is 13.2. The van der Waals surface area contributed by atoms with Crippen molar-refractivity contribution < 1.29 is 32.4 Å². The van der Waals surface area contributed by atoms with Gasteiger partial charge in [-0.2, -0.15) is 13.2 Å². The molecule has 0 unspecified atom stereocenters. The van der Waals surface area contributed by atoms with E-state index in [9.17, 15) is 32.9 Å². The molecule has 11 heteroatoms. The molecular formula is C19H14F3N3O5. The molecule has 30 heavy (non-hydrogen) atoms. The monoisotopic (exact) mass is 421 g/mol. The van der Waals surface area contributed by atoms with E-state index in [-0.39, 0.29) is 5.56 Å². The molecule has 1 aromatic heterocycles. The number of anilines is 1. The first-order valence-corrected chi connectivity index (χ1v) is 8.48. The van der Waals surface area contributed by atoms with Crippen molar-refractivity contribution in [2.45, 2.75) is 13.1 Å². The van der Waals surface area contributed by atoms with E-state index >= 15 is 0 Å². The fraction of sp³-hybridized carbons (Fsp3) is 0.158. The van der Waals surface area contributed by atoms with Gasteiger partial charge in [-0.05, 0) is 19.1 Å². The number of non-ortho nitro benzene ring substituents is 1. The van der Waals surface area contributed by atoms with Crippen LogP contribution in [0.2, 0.25) is 0 Å². The van der Waals surface area contributed by atoms with Gasteiger partial charge in [0.25, 0.3) is 11.6 Å². The molecule has 8 nitrogen and oxygen atoms in total. The smallest absolute Gasteiger partial charge is 0.418 e. The largest absolute Gasteiger partial charge is 0.452 e. The number of esters is 1. The molecule has 3 rings (SSSR count). The number of H-pyrrole nitrogens is 1. The minimum absolute atomic E-state index is 0.213. The highest BCUT2D eigenvalue weighted by molar-refractivity contribution is 6.06. The lowest BCUT2D eigenvalue weighted by Crippen LogP contribution is -2.23. The van der Waals surface area contributed by atoms with Gasteiger partial charge in [-0.15, -0.1) is 0 Å². The number of aryl methyl sites for hydroxylation is 1. The van der Waals surface area contributed by atoms with Crippen LogP contribution in [0.4, 0.5) is 24.5 Å². The average molecular weight is 421 g/mol. The Kier molecular flexibility index (Phi) is 5.45. The Morgan fingerprint density at radius 1 is 1.20 bits per heavy atom. The predicted molar refractivity (Wildman–Crippen MR) is 100 cm³/mol. The molecule has 1 amide bonds. The van der Waals surface area contributed by atoms with E-state index in [1.807, 2.05) is 5.32 Å². The summed E-state index contributed by atoms with van der Waals surface area (Å²) in [6, 6.07) is 8.82. The minimum atomic E-state index is -4.94. The summed E-state index contributed by atoms with van der Waals surface area (Å²) in [6.07, 6.45) is -4.94. The Morgan fingerprint density at radius 2 is 1.90 bits per heavy atom. The zero-order valence-electron chi connectivity index (χ0n) is 15.4. The number of hydrogen-bond acceptors (Lipinski definition) is 5. The number of aromatic amines is 1. The summed E-state index contributed by atoms with van der Waals surface area (Å²) < 4.78 is 44.5. The molecule has 0 aliphatic carbocycles. The van der Waals surface area contributed by atoms with Crippen molar-refractivity contribution in [3.63, 3.8) is 0 Å². The molecule has 156 valence electrons. The summed E-state index contributed by atoms with van der Waals surface area (Å²) in [6.45, 7) is 0.801. The van der Waals surface area contributed by atoms with E-state index in [4.69, 9.17) is 4.74 Å². The van der Waals surface area contributed by atoms with E-state index < -0.39 is 46.5 Å². The summed E-state index contributed by atoms with van der Waals surface area (Å²) in [5, 5.41) is 13.3. The van der Waals surface area contributed by atoms with Crippen LogP contribution >= 0.6 is 0 Å². The van der Waals surface area contributed by atoms with Crippen LogP contribution in [0.25, 0.3) is 10.9 Å². The topological polar surface area (TPSA) is 114 Å². The highest BCUT2D eigenvalue weighted by Crippen LogP contribution is 2.37. The lowest BCUT2D eigenvalue weighted by Gasteiger charge is -2.13. The van der Waals surface area contributed by atoms with Gasteiger partial charge in [0, 0.05) is 28.7 Å². The second-order valence-corrected chi connectivity index (χ2v) is 6.28.